The quantitative estimate of drug-likeness (QED) is 0.426. The number of hydrogen-bond donors (Lipinski definition) is 3. The number of carbonyl (C=O) groups excluding carboxylic acids is 1. The van der Waals surface area contributed by atoms with Gasteiger partial charge in [0, 0.05) is 37.0 Å². The summed E-state index contributed by atoms with van der Waals surface area (Å²) in [6, 6.07) is 6.35. The van der Waals surface area contributed by atoms with Gasteiger partial charge in [0.15, 0.2) is 0 Å². The lowest BCUT2D eigenvalue weighted by atomic mass is 9.86. The van der Waals surface area contributed by atoms with Crippen molar-refractivity contribution in [1.82, 2.24) is 10.6 Å². The van der Waals surface area contributed by atoms with Crippen LogP contribution in [0.15, 0.2) is 24.3 Å². The van der Waals surface area contributed by atoms with Crippen LogP contribution >= 0.6 is 0 Å². The summed E-state index contributed by atoms with van der Waals surface area (Å²) in [6.07, 6.45) is 4.65. The van der Waals surface area contributed by atoms with E-state index >= 15 is 0 Å². The number of nitro benzene ring substituents is 1. The summed E-state index contributed by atoms with van der Waals surface area (Å²) in [4.78, 5) is 22.0. The van der Waals surface area contributed by atoms with Gasteiger partial charge in [-0.25, -0.2) is 4.79 Å². The molecule has 1 aliphatic rings. The molecule has 0 spiro atoms. The molecule has 1 saturated carbocycles. The van der Waals surface area contributed by atoms with E-state index in [1.54, 1.807) is 12.1 Å². The van der Waals surface area contributed by atoms with Crippen molar-refractivity contribution in [3.05, 3.63) is 34.4 Å². The summed E-state index contributed by atoms with van der Waals surface area (Å²) in [5.41, 5.74) is 0.855. The average molecular weight is 320 g/mol. The number of urea groups is 1. The van der Waals surface area contributed by atoms with Crippen LogP contribution in [0.3, 0.4) is 0 Å². The molecule has 0 heterocycles. The average Bonchev–Trinajstić information content (AvgIpc) is 2.54. The smallest absolute Gasteiger partial charge is 0.315 e. The Hall–Kier alpha value is -2.31. The molecular weight excluding hydrogens is 296 g/mol. The molecule has 1 aromatic carbocycles. The first kappa shape index (κ1) is 17.1. The van der Waals surface area contributed by atoms with E-state index in [9.17, 15) is 14.9 Å². The van der Waals surface area contributed by atoms with Crippen LogP contribution in [0.4, 0.5) is 16.2 Å². The first-order valence-electron chi connectivity index (χ1n) is 8.09. The summed E-state index contributed by atoms with van der Waals surface area (Å²) in [5.74, 6) is 0.535. The van der Waals surface area contributed by atoms with Gasteiger partial charge in [-0.15, -0.1) is 0 Å². The number of carbonyl (C=O) groups is 1. The summed E-state index contributed by atoms with van der Waals surface area (Å²) in [5, 5.41) is 19.5. The Labute approximate surface area is 136 Å². The van der Waals surface area contributed by atoms with Crippen LogP contribution in [0.2, 0.25) is 0 Å². The molecular formula is C16H24N4O3. The highest BCUT2D eigenvalue weighted by molar-refractivity contribution is 5.74. The lowest BCUT2D eigenvalue weighted by Gasteiger charge is -2.29. The zero-order valence-electron chi connectivity index (χ0n) is 13.4. The lowest BCUT2D eigenvalue weighted by Crippen LogP contribution is -2.47. The fourth-order valence-electron chi connectivity index (χ4n) is 2.83. The lowest BCUT2D eigenvalue weighted by molar-refractivity contribution is -0.384. The Morgan fingerprint density at radius 1 is 1.22 bits per heavy atom. The zero-order chi connectivity index (χ0) is 16.7. The van der Waals surface area contributed by atoms with E-state index in [0.29, 0.717) is 19.0 Å². The molecule has 126 valence electrons. The van der Waals surface area contributed by atoms with E-state index in [4.69, 9.17) is 0 Å². The minimum atomic E-state index is -0.429. The number of benzene rings is 1. The maximum atomic E-state index is 11.9. The van der Waals surface area contributed by atoms with Crippen LogP contribution in [0, 0.1) is 16.0 Å². The monoisotopic (exact) mass is 320 g/mol. The minimum absolute atomic E-state index is 0.0645. The zero-order valence-corrected chi connectivity index (χ0v) is 13.4. The van der Waals surface area contributed by atoms with Gasteiger partial charge in [0.1, 0.15) is 0 Å². The molecule has 2 atom stereocenters. The number of hydrogen-bond acceptors (Lipinski definition) is 4. The molecule has 0 aliphatic heterocycles. The number of rotatable bonds is 6. The van der Waals surface area contributed by atoms with Crippen molar-refractivity contribution in [2.24, 2.45) is 5.92 Å². The van der Waals surface area contributed by atoms with Crippen LogP contribution in [0.1, 0.15) is 32.6 Å². The van der Waals surface area contributed by atoms with Gasteiger partial charge >= 0.3 is 6.03 Å². The second kappa shape index (κ2) is 8.36. The van der Waals surface area contributed by atoms with E-state index in [2.05, 4.69) is 22.9 Å². The molecule has 1 aromatic rings. The second-order valence-electron chi connectivity index (χ2n) is 6.00. The van der Waals surface area contributed by atoms with Crippen molar-refractivity contribution in [3.63, 3.8) is 0 Å². The Morgan fingerprint density at radius 3 is 2.57 bits per heavy atom. The summed E-state index contributed by atoms with van der Waals surface area (Å²) in [6.45, 7) is 3.23. The molecule has 2 amide bonds. The predicted octanol–water partition coefficient (Wildman–Crippen LogP) is 2.88. The van der Waals surface area contributed by atoms with Crippen LogP contribution in [0.25, 0.3) is 0 Å². The van der Waals surface area contributed by atoms with Crippen LogP contribution in [0.5, 0.6) is 0 Å². The third kappa shape index (κ3) is 5.43. The molecule has 0 bridgehead atoms. The van der Waals surface area contributed by atoms with Gasteiger partial charge in [-0.3, -0.25) is 10.1 Å². The fourth-order valence-corrected chi connectivity index (χ4v) is 2.83. The predicted molar refractivity (Wildman–Crippen MR) is 89.5 cm³/mol. The molecule has 2 rings (SSSR count). The molecule has 1 aliphatic carbocycles. The van der Waals surface area contributed by atoms with Crippen molar-refractivity contribution in [2.45, 2.75) is 38.6 Å². The topological polar surface area (TPSA) is 96.3 Å². The number of amides is 2. The van der Waals surface area contributed by atoms with E-state index < -0.39 is 4.92 Å². The maximum absolute atomic E-state index is 11.9. The Balaban J connectivity index is 1.64. The third-order valence-electron chi connectivity index (χ3n) is 4.25. The molecule has 0 unspecified atom stereocenters. The van der Waals surface area contributed by atoms with Crippen molar-refractivity contribution in [3.8, 4) is 0 Å². The molecule has 7 nitrogen and oxygen atoms in total. The van der Waals surface area contributed by atoms with Gasteiger partial charge < -0.3 is 16.0 Å². The first-order valence-corrected chi connectivity index (χ1v) is 8.09. The third-order valence-corrected chi connectivity index (χ3v) is 4.25. The maximum Gasteiger partial charge on any atom is 0.315 e. The highest BCUT2D eigenvalue weighted by Gasteiger charge is 2.22. The SMILES string of the molecule is C[C@@H]1CCCC[C@@H]1NC(=O)NCCNc1ccc([N+](=O)[O-])cc1. The van der Waals surface area contributed by atoms with E-state index in [1.807, 2.05) is 0 Å². The van der Waals surface area contributed by atoms with Crippen molar-refractivity contribution in [1.29, 1.82) is 0 Å². The number of non-ortho nitro benzene ring substituents is 1. The Kier molecular flexibility index (Phi) is 6.19. The van der Waals surface area contributed by atoms with Gasteiger partial charge in [-0.1, -0.05) is 19.8 Å². The van der Waals surface area contributed by atoms with Crippen molar-refractivity contribution < 1.29 is 9.72 Å². The van der Waals surface area contributed by atoms with Crippen molar-refractivity contribution in [2.75, 3.05) is 18.4 Å². The van der Waals surface area contributed by atoms with Gasteiger partial charge in [-0.2, -0.15) is 0 Å². The Bertz CT molecular complexity index is 533. The number of anilines is 1. The highest BCUT2D eigenvalue weighted by atomic mass is 16.6. The highest BCUT2D eigenvalue weighted by Crippen LogP contribution is 2.23. The number of nitrogens with zero attached hydrogens (tertiary/aromatic N) is 1. The van der Waals surface area contributed by atoms with Crippen LogP contribution < -0.4 is 16.0 Å². The van der Waals surface area contributed by atoms with Gasteiger partial charge in [0.05, 0.1) is 4.92 Å². The largest absolute Gasteiger partial charge is 0.383 e. The normalized spacial score (nSPS) is 20.6. The summed E-state index contributed by atoms with van der Waals surface area (Å²) >= 11 is 0. The molecule has 1 fully saturated rings. The number of nitro groups is 1. The molecule has 7 heteroatoms. The standard InChI is InChI=1S/C16H24N4O3/c1-12-4-2-3-5-15(12)19-16(21)18-11-10-17-13-6-8-14(9-7-13)20(22)23/h6-9,12,15,17H,2-5,10-11H2,1H3,(H2,18,19,21)/t12-,15+/m1/s1. The van der Waals surface area contributed by atoms with E-state index in [-0.39, 0.29) is 17.8 Å². The molecule has 0 aromatic heterocycles. The fraction of sp³-hybridized carbons (Fsp3) is 0.562. The van der Waals surface area contributed by atoms with Gasteiger partial charge in [0.25, 0.3) is 5.69 Å². The molecule has 0 radical (unpaired) electrons. The number of nitrogens with one attached hydrogen (secondary N) is 3. The molecule has 23 heavy (non-hydrogen) atoms. The van der Waals surface area contributed by atoms with E-state index in [1.165, 1.54) is 31.4 Å². The minimum Gasteiger partial charge on any atom is -0.383 e. The second-order valence-corrected chi connectivity index (χ2v) is 6.00. The molecule has 3 N–H and O–H groups in total. The van der Waals surface area contributed by atoms with E-state index in [0.717, 1.165) is 12.1 Å². The first-order chi connectivity index (χ1) is 11.1. The molecule has 0 saturated heterocycles. The Morgan fingerprint density at radius 2 is 1.91 bits per heavy atom. The summed E-state index contributed by atoms with van der Waals surface area (Å²) in [7, 11) is 0. The van der Waals surface area contributed by atoms with Gasteiger partial charge in [-0.05, 0) is 30.9 Å². The van der Waals surface area contributed by atoms with Crippen LogP contribution in [-0.4, -0.2) is 30.1 Å². The summed E-state index contributed by atoms with van der Waals surface area (Å²) < 4.78 is 0. The van der Waals surface area contributed by atoms with Crippen molar-refractivity contribution >= 4 is 17.4 Å². The van der Waals surface area contributed by atoms with Gasteiger partial charge in [0.2, 0.25) is 0 Å². The van der Waals surface area contributed by atoms with Crippen LogP contribution in [-0.2, 0) is 0 Å².